The summed E-state index contributed by atoms with van der Waals surface area (Å²) in [6.45, 7) is 10.4. The molecule has 1 aliphatic rings. The van der Waals surface area contributed by atoms with Crippen LogP contribution in [0.15, 0.2) is 17.1 Å². The zero-order valence-electron chi connectivity index (χ0n) is 15.8. The van der Waals surface area contributed by atoms with E-state index in [1.807, 2.05) is 25.4 Å². The first-order chi connectivity index (χ1) is 12.3. The van der Waals surface area contributed by atoms with Gasteiger partial charge in [0.1, 0.15) is 5.75 Å². The summed E-state index contributed by atoms with van der Waals surface area (Å²) in [6.07, 6.45) is 5.70. The van der Waals surface area contributed by atoms with E-state index < -0.39 is 0 Å². The molecule has 1 aliphatic heterocycles. The monoisotopic (exact) mass is 392 g/mol. The van der Waals surface area contributed by atoms with Gasteiger partial charge in [0.15, 0.2) is 5.82 Å². The van der Waals surface area contributed by atoms with Crippen LogP contribution in [0.5, 0.6) is 10.9 Å². The molecule has 2 heterocycles. The standard InChI is InChI=1S/C19H25ClN4OS/c1-13-10-16(25-18-22-17(23-26-18)19(2,3)4)14(20)11-15(13)21-12-24-8-6-5-7-9-24/h10-12H,5-9H2,1-4H3/b21-12+. The van der Waals surface area contributed by atoms with Crippen LogP contribution in [0, 0.1) is 6.92 Å². The number of ether oxygens (including phenoxy) is 1. The largest absolute Gasteiger partial charge is 0.428 e. The molecule has 0 N–H and O–H groups in total. The Morgan fingerprint density at radius 2 is 1.96 bits per heavy atom. The van der Waals surface area contributed by atoms with Crippen LogP contribution in [0.3, 0.4) is 0 Å². The molecule has 0 radical (unpaired) electrons. The number of aliphatic imine (C=N–C) groups is 1. The van der Waals surface area contributed by atoms with Crippen LogP contribution in [-0.2, 0) is 5.41 Å². The van der Waals surface area contributed by atoms with Crippen LogP contribution >= 0.6 is 23.1 Å². The Morgan fingerprint density at radius 3 is 2.62 bits per heavy atom. The third-order valence-corrected chi connectivity index (χ3v) is 5.17. The van der Waals surface area contributed by atoms with E-state index in [2.05, 4.69) is 40.0 Å². The molecule has 3 rings (SSSR count). The molecule has 1 aromatic carbocycles. The molecule has 0 aliphatic carbocycles. The van der Waals surface area contributed by atoms with Crippen LogP contribution in [-0.4, -0.2) is 33.7 Å². The lowest BCUT2D eigenvalue weighted by atomic mass is 9.96. The molecule has 0 amide bonds. The number of piperidine rings is 1. The predicted molar refractivity (Wildman–Crippen MR) is 108 cm³/mol. The first kappa shape index (κ1) is 19.1. The molecule has 7 heteroatoms. The highest BCUT2D eigenvalue weighted by Gasteiger charge is 2.21. The van der Waals surface area contributed by atoms with E-state index >= 15 is 0 Å². The van der Waals surface area contributed by atoms with Crippen LogP contribution in [0.25, 0.3) is 0 Å². The van der Waals surface area contributed by atoms with Crippen LogP contribution in [0.2, 0.25) is 5.02 Å². The third-order valence-electron chi connectivity index (χ3n) is 4.28. The van der Waals surface area contributed by atoms with Gasteiger partial charge in [-0.3, -0.25) is 0 Å². The Kier molecular flexibility index (Phi) is 5.82. The van der Waals surface area contributed by atoms with E-state index in [4.69, 9.17) is 16.3 Å². The van der Waals surface area contributed by atoms with E-state index in [0.717, 1.165) is 30.2 Å². The van der Waals surface area contributed by atoms with Gasteiger partial charge >= 0.3 is 0 Å². The number of likely N-dealkylation sites (tertiary alicyclic amines) is 1. The smallest absolute Gasteiger partial charge is 0.298 e. The van der Waals surface area contributed by atoms with Crippen molar-refractivity contribution in [1.29, 1.82) is 0 Å². The SMILES string of the molecule is Cc1cc(Oc2nc(C(C)(C)C)ns2)c(Cl)cc1/N=C/N1CCCCC1. The summed E-state index contributed by atoms with van der Waals surface area (Å²) in [5.41, 5.74) is 1.77. The van der Waals surface area contributed by atoms with E-state index in [-0.39, 0.29) is 5.41 Å². The molecule has 0 unspecified atom stereocenters. The van der Waals surface area contributed by atoms with Gasteiger partial charge in [-0.1, -0.05) is 32.4 Å². The van der Waals surface area contributed by atoms with Gasteiger partial charge in [0.2, 0.25) is 0 Å². The summed E-state index contributed by atoms with van der Waals surface area (Å²) < 4.78 is 10.2. The molecule has 140 valence electrons. The van der Waals surface area contributed by atoms with Gasteiger partial charge in [0, 0.05) is 30.0 Å². The lowest BCUT2D eigenvalue weighted by Gasteiger charge is -2.23. The lowest BCUT2D eigenvalue weighted by molar-refractivity contribution is 0.351. The number of aromatic nitrogens is 2. The zero-order chi connectivity index (χ0) is 18.7. The first-order valence-electron chi connectivity index (χ1n) is 8.93. The summed E-state index contributed by atoms with van der Waals surface area (Å²) >= 11 is 7.65. The second-order valence-electron chi connectivity index (χ2n) is 7.65. The summed E-state index contributed by atoms with van der Waals surface area (Å²) in [6, 6.07) is 3.75. The van der Waals surface area contributed by atoms with E-state index in [1.165, 1.54) is 30.8 Å². The maximum Gasteiger partial charge on any atom is 0.298 e. The van der Waals surface area contributed by atoms with Crippen molar-refractivity contribution in [1.82, 2.24) is 14.3 Å². The summed E-state index contributed by atoms with van der Waals surface area (Å²) in [5.74, 6) is 1.35. The number of nitrogens with zero attached hydrogens (tertiary/aromatic N) is 4. The minimum absolute atomic E-state index is 0.106. The molecule has 2 aromatic rings. The number of hydrogen-bond acceptors (Lipinski definition) is 5. The highest BCUT2D eigenvalue weighted by molar-refractivity contribution is 7.07. The fourth-order valence-electron chi connectivity index (χ4n) is 2.69. The van der Waals surface area contributed by atoms with Crippen LogP contribution in [0.4, 0.5) is 5.69 Å². The van der Waals surface area contributed by atoms with Crippen molar-refractivity contribution in [3.63, 3.8) is 0 Å². The Hall–Kier alpha value is -1.66. The number of hydrogen-bond donors (Lipinski definition) is 0. The van der Waals surface area contributed by atoms with E-state index in [9.17, 15) is 0 Å². The maximum atomic E-state index is 6.41. The molecule has 0 bridgehead atoms. The second-order valence-corrected chi connectivity index (χ2v) is 8.77. The Balaban J connectivity index is 1.74. The van der Waals surface area contributed by atoms with Gasteiger partial charge in [-0.2, -0.15) is 9.36 Å². The summed E-state index contributed by atoms with van der Waals surface area (Å²) in [7, 11) is 0. The average molecular weight is 393 g/mol. The van der Waals surface area contributed by atoms with Gasteiger partial charge in [0.25, 0.3) is 5.19 Å². The van der Waals surface area contributed by atoms with Crippen molar-refractivity contribution >= 4 is 35.2 Å². The van der Waals surface area contributed by atoms with Gasteiger partial charge in [-0.15, -0.1) is 0 Å². The van der Waals surface area contributed by atoms with Crippen molar-refractivity contribution in [3.05, 3.63) is 28.5 Å². The minimum Gasteiger partial charge on any atom is -0.428 e. The fourth-order valence-corrected chi connectivity index (χ4v) is 3.62. The number of halogens is 1. The molecule has 0 spiro atoms. The molecular formula is C19H25ClN4OS. The predicted octanol–water partition coefficient (Wildman–Crippen LogP) is 5.74. The molecule has 0 atom stereocenters. The van der Waals surface area contributed by atoms with Crippen LogP contribution < -0.4 is 4.74 Å². The Morgan fingerprint density at radius 1 is 1.23 bits per heavy atom. The van der Waals surface area contributed by atoms with Crippen molar-refractivity contribution in [3.8, 4) is 10.9 Å². The minimum atomic E-state index is -0.106. The lowest BCUT2D eigenvalue weighted by Crippen LogP contribution is -2.28. The van der Waals surface area contributed by atoms with Gasteiger partial charge in [-0.25, -0.2) is 4.99 Å². The first-order valence-corrected chi connectivity index (χ1v) is 10.1. The number of rotatable bonds is 4. The highest BCUT2D eigenvalue weighted by atomic mass is 35.5. The van der Waals surface area contributed by atoms with Crippen molar-refractivity contribution < 1.29 is 4.74 Å². The van der Waals surface area contributed by atoms with Gasteiger partial charge in [0.05, 0.1) is 17.0 Å². The van der Waals surface area contributed by atoms with Gasteiger partial charge < -0.3 is 9.64 Å². The quantitative estimate of drug-likeness (QED) is 0.492. The number of benzene rings is 1. The van der Waals surface area contributed by atoms with Gasteiger partial charge in [-0.05, 0) is 43.9 Å². The maximum absolute atomic E-state index is 6.41. The molecule has 1 aromatic heterocycles. The molecule has 26 heavy (non-hydrogen) atoms. The molecule has 5 nitrogen and oxygen atoms in total. The summed E-state index contributed by atoms with van der Waals surface area (Å²) in [5, 5.41) is 1.02. The molecule has 1 fully saturated rings. The molecule has 0 saturated carbocycles. The Bertz CT molecular complexity index is 791. The van der Waals surface area contributed by atoms with Crippen LogP contribution in [0.1, 0.15) is 51.4 Å². The third kappa shape index (κ3) is 4.74. The zero-order valence-corrected chi connectivity index (χ0v) is 17.3. The van der Waals surface area contributed by atoms with Crippen molar-refractivity contribution in [2.24, 2.45) is 4.99 Å². The highest BCUT2D eigenvalue weighted by Crippen LogP contribution is 2.36. The fraction of sp³-hybridized carbons (Fsp3) is 0.526. The molecular weight excluding hydrogens is 368 g/mol. The van der Waals surface area contributed by atoms with E-state index in [0.29, 0.717) is 16.0 Å². The molecule has 1 saturated heterocycles. The van der Waals surface area contributed by atoms with Crippen molar-refractivity contribution in [2.45, 2.75) is 52.4 Å². The van der Waals surface area contributed by atoms with E-state index in [1.54, 1.807) is 0 Å². The topological polar surface area (TPSA) is 50.6 Å². The van der Waals surface area contributed by atoms with Crippen molar-refractivity contribution in [2.75, 3.05) is 13.1 Å². The average Bonchev–Trinajstić information content (AvgIpc) is 3.06. The summed E-state index contributed by atoms with van der Waals surface area (Å²) in [4.78, 5) is 11.3. The second kappa shape index (κ2) is 7.92. The normalized spacial score (nSPS) is 15.7. The Labute approximate surface area is 164 Å². The number of aryl methyl sites for hydroxylation is 1.